The lowest BCUT2D eigenvalue weighted by molar-refractivity contribution is 0.0666. The van der Waals surface area contributed by atoms with Crippen molar-refractivity contribution in [2.45, 2.75) is 33.1 Å². The number of hydrogen-bond donors (Lipinski definition) is 1. The lowest BCUT2D eigenvalue weighted by Crippen LogP contribution is -2.41. The number of rotatable bonds is 3. The molecule has 1 amide bonds. The summed E-state index contributed by atoms with van der Waals surface area (Å²) in [4.78, 5) is 18.9. The van der Waals surface area contributed by atoms with Gasteiger partial charge in [0.05, 0.1) is 6.20 Å². The molecule has 5 nitrogen and oxygen atoms in total. The molecule has 2 aromatic rings. The van der Waals surface area contributed by atoms with Gasteiger partial charge >= 0.3 is 0 Å². The predicted molar refractivity (Wildman–Crippen MR) is 84.6 cm³/mol. The van der Waals surface area contributed by atoms with Crippen LogP contribution in [0.15, 0.2) is 24.4 Å². The van der Waals surface area contributed by atoms with E-state index in [9.17, 15) is 4.79 Å². The standard InChI is InChI=1S/C17H22N4O/c1-12-10-18-20-16(12)9-14-6-4-8-21(11-14)17(22)15-7-3-5-13(2)19-15/h3,5,7,10,14H,4,6,8-9,11H2,1-2H3,(H,18,20)/t14-/m0/s1. The van der Waals surface area contributed by atoms with Gasteiger partial charge in [0.15, 0.2) is 0 Å². The Morgan fingerprint density at radius 1 is 1.41 bits per heavy atom. The third-order valence-corrected chi connectivity index (χ3v) is 4.34. The minimum atomic E-state index is 0.0507. The van der Waals surface area contributed by atoms with E-state index in [1.54, 1.807) is 6.07 Å². The molecule has 0 bridgehead atoms. The average molecular weight is 298 g/mol. The summed E-state index contributed by atoms with van der Waals surface area (Å²) in [5, 5.41) is 7.15. The Morgan fingerprint density at radius 2 is 2.27 bits per heavy atom. The first kappa shape index (κ1) is 14.8. The van der Waals surface area contributed by atoms with E-state index in [0.717, 1.165) is 38.0 Å². The largest absolute Gasteiger partial charge is 0.337 e. The van der Waals surface area contributed by atoms with Crippen LogP contribution >= 0.6 is 0 Å². The topological polar surface area (TPSA) is 61.9 Å². The number of H-pyrrole nitrogens is 1. The zero-order chi connectivity index (χ0) is 15.5. The molecule has 0 aromatic carbocycles. The molecule has 1 aliphatic rings. The summed E-state index contributed by atoms with van der Waals surface area (Å²) in [5.74, 6) is 0.538. The quantitative estimate of drug-likeness (QED) is 0.947. The fourth-order valence-electron chi connectivity index (χ4n) is 3.11. The summed E-state index contributed by atoms with van der Waals surface area (Å²) in [6.07, 6.45) is 5.02. The van der Waals surface area contributed by atoms with Gasteiger partial charge in [-0.25, -0.2) is 4.98 Å². The highest BCUT2D eigenvalue weighted by Gasteiger charge is 2.26. The van der Waals surface area contributed by atoms with E-state index in [-0.39, 0.29) is 5.91 Å². The molecule has 0 spiro atoms. The Kier molecular flexibility index (Phi) is 4.22. The van der Waals surface area contributed by atoms with Gasteiger partial charge < -0.3 is 4.90 Å². The maximum absolute atomic E-state index is 12.6. The van der Waals surface area contributed by atoms with E-state index < -0.39 is 0 Å². The number of nitrogens with one attached hydrogen (secondary N) is 1. The third kappa shape index (κ3) is 3.18. The number of aromatic nitrogens is 3. The van der Waals surface area contributed by atoms with Gasteiger partial charge in [0.1, 0.15) is 5.69 Å². The van der Waals surface area contributed by atoms with E-state index in [1.165, 1.54) is 11.3 Å². The van der Waals surface area contributed by atoms with Crippen molar-refractivity contribution >= 4 is 5.91 Å². The van der Waals surface area contributed by atoms with Crippen LogP contribution in [0.25, 0.3) is 0 Å². The van der Waals surface area contributed by atoms with E-state index in [4.69, 9.17) is 0 Å². The second-order valence-corrected chi connectivity index (χ2v) is 6.16. The molecular weight excluding hydrogens is 276 g/mol. The van der Waals surface area contributed by atoms with Gasteiger partial charge in [0, 0.05) is 24.5 Å². The molecule has 22 heavy (non-hydrogen) atoms. The van der Waals surface area contributed by atoms with Crippen molar-refractivity contribution in [2.24, 2.45) is 5.92 Å². The fraction of sp³-hybridized carbons (Fsp3) is 0.471. The molecule has 0 saturated carbocycles. The molecule has 1 saturated heterocycles. The normalized spacial score (nSPS) is 18.5. The van der Waals surface area contributed by atoms with Gasteiger partial charge in [-0.3, -0.25) is 9.89 Å². The highest BCUT2D eigenvalue weighted by Crippen LogP contribution is 2.22. The van der Waals surface area contributed by atoms with Gasteiger partial charge in [0.2, 0.25) is 0 Å². The van der Waals surface area contributed by atoms with Crippen LogP contribution in [-0.2, 0) is 6.42 Å². The molecule has 1 aliphatic heterocycles. The summed E-state index contributed by atoms with van der Waals surface area (Å²) in [6.45, 7) is 5.61. The van der Waals surface area contributed by atoms with Crippen LogP contribution < -0.4 is 0 Å². The van der Waals surface area contributed by atoms with Gasteiger partial charge in [-0.15, -0.1) is 0 Å². The molecular formula is C17H22N4O. The highest BCUT2D eigenvalue weighted by molar-refractivity contribution is 5.92. The number of piperidine rings is 1. The lowest BCUT2D eigenvalue weighted by atomic mass is 9.92. The van der Waals surface area contributed by atoms with Crippen LogP contribution in [0, 0.1) is 19.8 Å². The summed E-state index contributed by atoms with van der Waals surface area (Å²) in [7, 11) is 0. The van der Waals surface area contributed by atoms with E-state index in [0.29, 0.717) is 11.6 Å². The second-order valence-electron chi connectivity index (χ2n) is 6.16. The Bertz CT molecular complexity index is 664. The van der Waals surface area contributed by atoms with Crippen LogP contribution in [0.2, 0.25) is 0 Å². The van der Waals surface area contributed by atoms with E-state index in [1.807, 2.05) is 30.2 Å². The summed E-state index contributed by atoms with van der Waals surface area (Å²) >= 11 is 0. The van der Waals surface area contributed by atoms with Crippen molar-refractivity contribution in [2.75, 3.05) is 13.1 Å². The summed E-state index contributed by atoms with van der Waals surface area (Å²) in [6, 6.07) is 5.61. The highest BCUT2D eigenvalue weighted by atomic mass is 16.2. The maximum atomic E-state index is 12.6. The minimum absolute atomic E-state index is 0.0507. The number of likely N-dealkylation sites (tertiary alicyclic amines) is 1. The van der Waals surface area contributed by atoms with Crippen LogP contribution in [-0.4, -0.2) is 39.1 Å². The first-order chi connectivity index (χ1) is 10.6. The number of nitrogens with zero attached hydrogens (tertiary/aromatic N) is 3. The predicted octanol–water partition coefficient (Wildman–Crippen LogP) is 2.52. The van der Waals surface area contributed by atoms with E-state index >= 15 is 0 Å². The molecule has 3 rings (SSSR count). The minimum Gasteiger partial charge on any atom is -0.337 e. The molecule has 1 atom stereocenters. The smallest absolute Gasteiger partial charge is 0.272 e. The summed E-state index contributed by atoms with van der Waals surface area (Å²) in [5.41, 5.74) is 3.82. The van der Waals surface area contributed by atoms with Gasteiger partial charge in [-0.2, -0.15) is 5.10 Å². The van der Waals surface area contributed by atoms with Gasteiger partial charge in [-0.05, 0) is 56.7 Å². The van der Waals surface area contributed by atoms with Crippen molar-refractivity contribution < 1.29 is 4.79 Å². The zero-order valence-corrected chi connectivity index (χ0v) is 13.2. The maximum Gasteiger partial charge on any atom is 0.272 e. The Morgan fingerprint density at radius 3 is 3.00 bits per heavy atom. The molecule has 2 aromatic heterocycles. The SMILES string of the molecule is Cc1cccc(C(=O)N2CCC[C@@H](Cc3[nH]ncc3C)C2)n1. The summed E-state index contributed by atoms with van der Waals surface area (Å²) < 4.78 is 0. The van der Waals surface area contributed by atoms with Crippen LogP contribution in [0.3, 0.4) is 0 Å². The van der Waals surface area contributed by atoms with Crippen molar-refractivity contribution in [3.8, 4) is 0 Å². The Hall–Kier alpha value is -2.17. The zero-order valence-electron chi connectivity index (χ0n) is 13.2. The molecule has 0 radical (unpaired) electrons. The van der Waals surface area contributed by atoms with Crippen LogP contribution in [0.4, 0.5) is 0 Å². The molecule has 1 fully saturated rings. The van der Waals surface area contributed by atoms with Gasteiger partial charge in [0.25, 0.3) is 5.91 Å². The monoisotopic (exact) mass is 298 g/mol. The third-order valence-electron chi connectivity index (χ3n) is 4.34. The molecule has 116 valence electrons. The number of aryl methyl sites for hydroxylation is 2. The Balaban J connectivity index is 1.67. The molecule has 1 N–H and O–H groups in total. The number of aromatic amines is 1. The second kappa shape index (κ2) is 6.30. The first-order valence-electron chi connectivity index (χ1n) is 7.85. The van der Waals surface area contributed by atoms with Crippen molar-refractivity contribution in [3.63, 3.8) is 0 Å². The van der Waals surface area contributed by atoms with Gasteiger partial charge in [-0.1, -0.05) is 6.07 Å². The van der Waals surface area contributed by atoms with E-state index in [2.05, 4.69) is 22.1 Å². The fourth-order valence-corrected chi connectivity index (χ4v) is 3.11. The Labute approximate surface area is 130 Å². The number of amides is 1. The number of carbonyl (C=O) groups excluding carboxylic acids is 1. The number of hydrogen-bond acceptors (Lipinski definition) is 3. The first-order valence-corrected chi connectivity index (χ1v) is 7.85. The van der Waals surface area contributed by atoms with Crippen LogP contribution in [0.1, 0.15) is 40.3 Å². The molecule has 3 heterocycles. The number of pyridine rings is 1. The van der Waals surface area contributed by atoms with Crippen molar-refractivity contribution in [1.29, 1.82) is 0 Å². The molecule has 0 aliphatic carbocycles. The lowest BCUT2D eigenvalue weighted by Gasteiger charge is -2.32. The van der Waals surface area contributed by atoms with Crippen molar-refractivity contribution in [3.05, 3.63) is 47.0 Å². The molecule has 5 heteroatoms. The number of carbonyl (C=O) groups is 1. The van der Waals surface area contributed by atoms with Crippen molar-refractivity contribution in [1.82, 2.24) is 20.1 Å². The average Bonchev–Trinajstić information content (AvgIpc) is 2.92. The van der Waals surface area contributed by atoms with Crippen LogP contribution in [0.5, 0.6) is 0 Å². The molecule has 0 unspecified atom stereocenters.